The predicted octanol–water partition coefficient (Wildman–Crippen LogP) is 1.81. The zero-order chi connectivity index (χ0) is 13.9. The summed E-state index contributed by atoms with van der Waals surface area (Å²) in [5.41, 5.74) is 2.06. The van der Waals surface area contributed by atoms with Crippen LogP contribution in [0.4, 0.5) is 4.39 Å². The molecule has 4 nitrogen and oxygen atoms in total. The van der Waals surface area contributed by atoms with E-state index in [-0.39, 0.29) is 5.82 Å². The molecule has 0 unspecified atom stereocenters. The number of hydrogen-bond donors (Lipinski definition) is 1. The van der Waals surface area contributed by atoms with Crippen LogP contribution in [0.25, 0.3) is 5.69 Å². The minimum atomic E-state index is -0.226. The Balaban J connectivity index is 1.69. The lowest BCUT2D eigenvalue weighted by atomic mass is 10.2. The van der Waals surface area contributed by atoms with Crippen LogP contribution >= 0.6 is 0 Å². The third kappa shape index (κ3) is 3.05. The minimum absolute atomic E-state index is 0.226. The van der Waals surface area contributed by atoms with Gasteiger partial charge in [0.25, 0.3) is 0 Å². The van der Waals surface area contributed by atoms with Crippen molar-refractivity contribution in [3.63, 3.8) is 0 Å². The third-order valence-electron chi connectivity index (χ3n) is 3.59. The molecular formula is C15H19FN4. The van der Waals surface area contributed by atoms with Crippen molar-refractivity contribution in [3.05, 3.63) is 48.0 Å². The standard InChI is InChI=1S/C15H19FN4/c1-12-9-19(7-6-17-12)10-13-8-18-20(11-13)15-4-2-14(16)3-5-15/h2-5,8,11-12,17H,6-7,9-10H2,1H3/t12-/m1/s1. The lowest BCUT2D eigenvalue weighted by molar-refractivity contribution is 0.199. The van der Waals surface area contributed by atoms with Crippen molar-refractivity contribution in [1.29, 1.82) is 0 Å². The molecule has 0 radical (unpaired) electrons. The van der Waals surface area contributed by atoms with Gasteiger partial charge in [-0.3, -0.25) is 4.90 Å². The van der Waals surface area contributed by atoms with Gasteiger partial charge in [-0.15, -0.1) is 0 Å². The zero-order valence-corrected chi connectivity index (χ0v) is 11.6. The number of nitrogens with zero attached hydrogens (tertiary/aromatic N) is 3. The number of aromatic nitrogens is 2. The van der Waals surface area contributed by atoms with Crippen molar-refractivity contribution in [1.82, 2.24) is 20.0 Å². The molecule has 20 heavy (non-hydrogen) atoms. The summed E-state index contributed by atoms with van der Waals surface area (Å²) in [6.45, 7) is 6.27. The molecule has 1 atom stereocenters. The summed E-state index contributed by atoms with van der Waals surface area (Å²) in [7, 11) is 0. The molecule has 5 heteroatoms. The van der Waals surface area contributed by atoms with Gasteiger partial charge >= 0.3 is 0 Å². The number of hydrogen-bond acceptors (Lipinski definition) is 3. The van der Waals surface area contributed by atoms with Gasteiger partial charge in [0, 0.05) is 44.0 Å². The molecule has 0 spiro atoms. The first kappa shape index (κ1) is 13.3. The van der Waals surface area contributed by atoms with E-state index in [2.05, 4.69) is 22.2 Å². The fourth-order valence-corrected chi connectivity index (χ4v) is 2.59. The van der Waals surface area contributed by atoms with Crippen molar-refractivity contribution >= 4 is 0 Å². The Morgan fingerprint density at radius 2 is 2.15 bits per heavy atom. The second kappa shape index (κ2) is 5.73. The lowest BCUT2D eigenvalue weighted by Crippen LogP contribution is -2.48. The summed E-state index contributed by atoms with van der Waals surface area (Å²) >= 11 is 0. The van der Waals surface area contributed by atoms with Crippen LogP contribution in [0.15, 0.2) is 36.7 Å². The Labute approximate surface area is 118 Å². The Hall–Kier alpha value is -1.72. The van der Waals surface area contributed by atoms with Gasteiger partial charge in [-0.2, -0.15) is 5.10 Å². The Morgan fingerprint density at radius 3 is 2.90 bits per heavy atom. The zero-order valence-electron chi connectivity index (χ0n) is 11.6. The molecule has 1 N–H and O–H groups in total. The highest BCUT2D eigenvalue weighted by atomic mass is 19.1. The van der Waals surface area contributed by atoms with E-state index in [1.165, 1.54) is 17.7 Å². The maximum absolute atomic E-state index is 12.9. The van der Waals surface area contributed by atoms with Crippen molar-refractivity contribution in [2.75, 3.05) is 19.6 Å². The van der Waals surface area contributed by atoms with Gasteiger partial charge in [-0.1, -0.05) is 0 Å². The van der Waals surface area contributed by atoms with Crippen LogP contribution in [0.2, 0.25) is 0 Å². The first-order valence-corrected chi connectivity index (χ1v) is 6.96. The second-order valence-corrected chi connectivity index (χ2v) is 5.36. The number of nitrogens with one attached hydrogen (secondary N) is 1. The van der Waals surface area contributed by atoms with Crippen molar-refractivity contribution in [3.8, 4) is 5.69 Å². The second-order valence-electron chi connectivity index (χ2n) is 5.36. The Morgan fingerprint density at radius 1 is 1.35 bits per heavy atom. The number of benzene rings is 1. The molecule has 2 aromatic rings. The molecule has 0 aliphatic carbocycles. The van der Waals surface area contributed by atoms with E-state index >= 15 is 0 Å². The smallest absolute Gasteiger partial charge is 0.123 e. The van der Waals surface area contributed by atoms with Crippen LogP contribution < -0.4 is 5.32 Å². The van der Waals surface area contributed by atoms with E-state index in [1.807, 2.05) is 12.4 Å². The minimum Gasteiger partial charge on any atom is -0.312 e. The molecule has 0 amide bonds. The number of halogens is 1. The summed E-state index contributed by atoms with van der Waals surface area (Å²) < 4.78 is 14.7. The van der Waals surface area contributed by atoms with Crippen molar-refractivity contribution in [2.24, 2.45) is 0 Å². The van der Waals surface area contributed by atoms with E-state index in [4.69, 9.17) is 0 Å². The van der Waals surface area contributed by atoms with Gasteiger partial charge in [0.2, 0.25) is 0 Å². The van der Waals surface area contributed by atoms with Crippen LogP contribution in [0.1, 0.15) is 12.5 Å². The van der Waals surface area contributed by atoms with Crippen LogP contribution in [0.3, 0.4) is 0 Å². The number of rotatable bonds is 3. The van der Waals surface area contributed by atoms with Crippen LogP contribution in [-0.2, 0) is 6.54 Å². The highest BCUT2D eigenvalue weighted by molar-refractivity contribution is 5.31. The molecule has 0 bridgehead atoms. The summed E-state index contributed by atoms with van der Waals surface area (Å²) in [5, 5.41) is 7.79. The highest BCUT2D eigenvalue weighted by Crippen LogP contribution is 2.12. The quantitative estimate of drug-likeness (QED) is 0.926. The van der Waals surface area contributed by atoms with Crippen molar-refractivity contribution in [2.45, 2.75) is 19.5 Å². The highest BCUT2D eigenvalue weighted by Gasteiger charge is 2.16. The van der Waals surface area contributed by atoms with E-state index < -0.39 is 0 Å². The number of piperazine rings is 1. The maximum Gasteiger partial charge on any atom is 0.123 e. The molecule has 1 aromatic heterocycles. The molecule has 2 heterocycles. The van der Waals surface area contributed by atoms with Gasteiger partial charge in [-0.05, 0) is 31.2 Å². The van der Waals surface area contributed by atoms with Gasteiger partial charge in [0.05, 0.1) is 11.9 Å². The third-order valence-corrected chi connectivity index (χ3v) is 3.59. The van der Waals surface area contributed by atoms with Gasteiger partial charge in [0.15, 0.2) is 0 Å². The molecule has 1 saturated heterocycles. The topological polar surface area (TPSA) is 33.1 Å². The monoisotopic (exact) mass is 274 g/mol. The van der Waals surface area contributed by atoms with E-state index in [0.717, 1.165) is 31.9 Å². The molecule has 3 rings (SSSR count). The molecule has 1 aliphatic heterocycles. The molecule has 1 aliphatic rings. The van der Waals surface area contributed by atoms with Gasteiger partial charge < -0.3 is 5.32 Å². The maximum atomic E-state index is 12.9. The summed E-state index contributed by atoms with van der Waals surface area (Å²) in [6.07, 6.45) is 3.90. The van der Waals surface area contributed by atoms with Crippen molar-refractivity contribution < 1.29 is 4.39 Å². The average Bonchev–Trinajstić information content (AvgIpc) is 2.88. The lowest BCUT2D eigenvalue weighted by Gasteiger charge is -2.31. The van der Waals surface area contributed by atoms with E-state index in [0.29, 0.717) is 6.04 Å². The Bertz CT molecular complexity index is 564. The molecular weight excluding hydrogens is 255 g/mol. The predicted molar refractivity (Wildman–Crippen MR) is 76.3 cm³/mol. The van der Waals surface area contributed by atoms with E-state index in [1.54, 1.807) is 16.8 Å². The summed E-state index contributed by atoms with van der Waals surface area (Å²) in [6, 6.07) is 6.91. The SMILES string of the molecule is C[C@@H]1CN(Cc2cnn(-c3ccc(F)cc3)c2)CCN1. The summed E-state index contributed by atoms with van der Waals surface area (Å²) in [4.78, 5) is 2.42. The van der Waals surface area contributed by atoms with E-state index in [9.17, 15) is 4.39 Å². The normalized spacial score (nSPS) is 20.2. The summed E-state index contributed by atoms with van der Waals surface area (Å²) in [5.74, 6) is -0.226. The van der Waals surface area contributed by atoms with Crippen LogP contribution in [-0.4, -0.2) is 40.4 Å². The molecule has 0 saturated carbocycles. The fourth-order valence-electron chi connectivity index (χ4n) is 2.59. The largest absolute Gasteiger partial charge is 0.312 e. The van der Waals surface area contributed by atoms with Gasteiger partial charge in [0.1, 0.15) is 5.82 Å². The average molecular weight is 274 g/mol. The van der Waals surface area contributed by atoms with Gasteiger partial charge in [-0.25, -0.2) is 9.07 Å². The van der Waals surface area contributed by atoms with Crippen LogP contribution in [0.5, 0.6) is 0 Å². The molecule has 106 valence electrons. The fraction of sp³-hybridized carbons (Fsp3) is 0.400. The molecule has 1 fully saturated rings. The Kier molecular flexibility index (Phi) is 3.80. The first-order chi connectivity index (χ1) is 9.70. The first-order valence-electron chi connectivity index (χ1n) is 6.96. The molecule has 1 aromatic carbocycles. The van der Waals surface area contributed by atoms with Crippen LogP contribution in [0, 0.1) is 5.82 Å².